The molecule has 0 saturated carbocycles. The summed E-state index contributed by atoms with van der Waals surface area (Å²) >= 11 is 0. The summed E-state index contributed by atoms with van der Waals surface area (Å²) in [5, 5.41) is 21.1. The first-order valence-electron chi connectivity index (χ1n) is 7.37. The number of aromatic nitrogens is 4. The number of tetrazole rings is 1. The van der Waals surface area contributed by atoms with Crippen molar-refractivity contribution >= 4 is 5.91 Å². The first-order valence-corrected chi connectivity index (χ1v) is 7.37. The molecule has 1 N–H and O–H groups in total. The molecule has 2 saturated heterocycles. The lowest BCUT2D eigenvalue weighted by atomic mass is 9.82. The van der Waals surface area contributed by atoms with E-state index in [2.05, 4.69) is 15.5 Å². The van der Waals surface area contributed by atoms with Crippen LogP contribution >= 0.6 is 0 Å². The fraction of sp³-hybridized carbons (Fsp3) is 0.846. The molecule has 1 aromatic heterocycles. The van der Waals surface area contributed by atoms with Crippen molar-refractivity contribution in [2.24, 2.45) is 0 Å². The van der Waals surface area contributed by atoms with E-state index in [1.807, 2.05) is 11.8 Å². The van der Waals surface area contributed by atoms with Gasteiger partial charge < -0.3 is 10.0 Å². The summed E-state index contributed by atoms with van der Waals surface area (Å²) in [6.45, 7) is 2.35. The van der Waals surface area contributed by atoms with Crippen molar-refractivity contribution in [3.05, 3.63) is 5.82 Å². The molecule has 2 aliphatic heterocycles. The number of carbonyl (C=O) groups is 1. The first-order chi connectivity index (χ1) is 9.65. The highest BCUT2D eigenvalue weighted by molar-refractivity contribution is 5.77. The van der Waals surface area contributed by atoms with Crippen molar-refractivity contribution in [2.45, 2.75) is 70.2 Å². The average molecular weight is 279 g/mol. The van der Waals surface area contributed by atoms with Gasteiger partial charge in [0.2, 0.25) is 5.91 Å². The lowest BCUT2D eigenvalue weighted by molar-refractivity contribution is -0.144. The topological polar surface area (TPSA) is 84.1 Å². The highest BCUT2D eigenvalue weighted by atomic mass is 16.3. The van der Waals surface area contributed by atoms with Crippen molar-refractivity contribution in [3.63, 3.8) is 0 Å². The summed E-state index contributed by atoms with van der Waals surface area (Å²) in [6.07, 6.45) is 4.84. The van der Waals surface area contributed by atoms with Gasteiger partial charge in [0.05, 0.1) is 12.6 Å². The highest BCUT2D eigenvalue weighted by Crippen LogP contribution is 2.34. The van der Waals surface area contributed by atoms with E-state index in [1.165, 1.54) is 0 Å². The lowest BCUT2D eigenvalue weighted by Crippen LogP contribution is -2.56. The molecule has 0 aliphatic carbocycles. The SMILES string of the molecule is Cc1nnnn1CCC(=O)N1[C@@H]2CCC[C@H]1CC(O)C2. The van der Waals surface area contributed by atoms with Crippen LogP contribution in [-0.4, -0.2) is 54.3 Å². The molecule has 0 spiro atoms. The van der Waals surface area contributed by atoms with Crippen molar-refractivity contribution in [1.29, 1.82) is 0 Å². The fourth-order valence-electron chi connectivity index (χ4n) is 3.55. The van der Waals surface area contributed by atoms with Crippen molar-refractivity contribution in [1.82, 2.24) is 25.1 Å². The molecule has 1 unspecified atom stereocenters. The maximum absolute atomic E-state index is 12.5. The van der Waals surface area contributed by atoms with Gasteiger partial charge in [-0.15, -0.1) is 5.10 Å². The van der Waals surface area contributed by atoms with E-state index in [0.29, 0.717) is 13.0 Å². The second-order valence-electron chi connectivity index (χ2n) is 5.86. The molecule has 110 valence electrons. The Balaban J connectivity index is 1.63. The minimum absolute atomic E-state index is 0.168. The summed E-state index contributed by atoms with van der Waals surface area (Å²) < 4.78 is 1.66. The van der Waals surface area contributed by atoms with Crippen LogP contribution in [0, 0.1) is 6.92 Å². The summed E-state index contributed by atoms with van der Waals surface area (Å²) in [5.41, 5.74) is 0. The van der Waals surface area contributed by atoms with E-state index >= 15 is 0 Å². The number of hydrogen-bond acceptors (Lipinski definition) is 5. The zero-order valence-electron chi connectivity index (χ0n) is 11.8. The first kappa shape index (κ1) is 13.5. The fourth-order valence-corrected chi connectivity index (χ4v) is 3.55. The molecule has 7 heteroatoms. The summed E-state index contributed by atoms with van der Waals surface area (Å²) in [4.78, 5) is 14.5. The van der Waals surface area contributed by atoms with Gasteiger partial charge in [0.15, 0.2) is 0 Å². The van der Waals surface area contributed by atoms with Gasteiger partial charge >= 0.3 is 0 Å². The number of aliphatic hydroxyl groups is 1. The number of aryl methyl sites for hydroxylation is 2. The van der Waals surface area contributed by atoms with Crippen LogP contribution in [0.5, 0.6) is 0 Å². The molecular formula is C13H21N5O2. The Bertz CT molecular complexity index is 475. The van der Waals surface area contributed by atoms with Gasteiger partial charge in [-0.3, -0.25) is 4.79 Å². The van der Waals surface area contributed by atoms with Gasteiger partial charge in [0.1, 0.15) is 5.82 Å². The smallest absolute Gasteiger partial charge is 0.224 e. The monoisotopic (exact) mass is 279 g/mol. The molecule has 20 heavy (non-hydrogen) atoms. The number of aliphatic hydroxyl groups excluding tert-OH is 1. The Morgan fingerprint density at radius 2 is 2.05 bits per heavy atom. The zero-order chi connectivity index (χ0) is 14.1. The molecule has 3 heterocycles. The number of hydrogen-bond donors (Lipinski definition) is 1. The Morgan fingerprint density at radius 3 is 2.65 bits per heavy atom. The second kappa shape index (κ2) is 5.47. The Labute approximate surface area is 117 Å². The van der Waals surface area contributed by atoms with E-state index < -0.39 is 0 Å². The highest BCUT2D eigenvalue weighted by Gasteiger charge is 2.39. The largest absolute Gasteiger partial charge is 0.393 e. The molecule has 7 nitrogen and oxygen atoms in total. The van der Waals surface area contributed by atoms with E-state index in [0.717, 1.165) is 37.9 Å². The molecule has 2 aliphatic rings. The average Bonchev–Trinajstić information content (AvgIpc) is 2.80. The van der Waals surface area contributed by atoms with Crippen LogP contribution in [0.1, 0.15) is 44.3 Å². The lowest BCUT2D eigenvalue weighted by Gasteiger charge is -2.47. The number of amides is 1. The molecule has 0 aromatic carbocycles. The Morgan fingerprint density at radius 1 is 1.35 bits per heavy atom. The van der Waals surface area contributed by atoms with Crippen LogP contribution in [-0.2, 0) is 11.3 Å². The third-order valence-electron chi connectivity index (χ3n) is 4.49. The quantitative estimate of drug-likeness (QED) is 0.859. The van der Waals surface area contributed by atoms with Crippen LogP contribution in [0.3, 0.4) is 0 Å². The minimum atomic E-state index is -0.240. The Hall–Kier alpha value is -1.50. The molecule has 2 fully saturated rings. The van der Waals surface area contributed by atoms with E-state index in [9.17, 15) is 9.90 Å². The van der Waals surface area contributed by atoms with Gasteiger partial charge in [-0.25, -0.2) is 4.68 Å². The van der Waals surface area contributed by atoms with E-state index in [4.69, 9.17) is 0 Å². The maximum atomic E-state index is 12.5. The van der Waals surface area contributed by atoms with Crippen molar-refractivity contribution in [2.75, 3.05) is 0 Å². The normalized spacial score (nSPS) is 29.5. The standard InChI is InChI=1S/C13H21N5O2/c1-9-14-15-16-17(9)6-5-13(20)18-10-3-2-4-11(18)8-12(19)7-10/h10-12,19H,2-8H2,1H3/t10-,11+,12?. The van der Waals surface area contributed by atoms with Crippen molar-refractivity contribution < 1.29 is 9.90 Å². The second-order valence-corrected chi connectivity index (χ2v) is 5.86. The maximum Gasteiger partial charge on any atom is 0.224 e. The van der Waals surface area contributed by atoms with Crippen LogP contribution in [0.25, 0.3) is 0 Å². The number of carbonyl (C=O) groups excluding carboxylic acids is 1. The van der Waals surface area contributed by atoms with Gasteiger partial charge in [0.25, 0.3) is 0 Å². The van der Waals surface area contributed by atoms with Gasteiger partial charge in [-0.2, -0.15) is 0 Å². The molecule has 0 radical (unpaired) electrons. The molecule has 3 atom stereocenters. The molecule has 2 bridgehead atoms. The van der Waals surface area contributed by atoms with Crippen LogP contribution in [0.15, 0.2) is 0 Å². The summed E-state index contributed by atoms with van der Waals surface area (Å²) in [5.74, 6) is 0.897. The number of fused-ring (bicyclic) bond motifs is 2. The number of rotatable bonds is 3. The third-order valence-corrected chi connectivity index (χ3v) is 4.49. The molecule has 1 aromatic rings. The van der Waals surface area contributed by atoms with Crippen LogP contribution < -0.4 is 0 Å². The van der Waals surface area contributed by atoms with Crippen LogP contribution in [0.4, 0.5) is 0 Å². The Kier molecular flexibility index (Phi) is 3.69. The van der Waals surface area contributed by atoms with E-state index in [1.54, 1.807) is 4.68 Å². The van der Waals surface area contributed by atoms with Gasteiger partial charge in [-0.1, -0.05) is 0 Å². The zero-order valence-corrected chi connectivity index (χ0v) is 11.8. The molecule has 1 amide bonds. The van der Waals surface area contributed by atoms with Gasteiger partial charge in [-0.05, 0) is 49.5 Å². The summed E-state index contributed by atoms with van der Waals surface area (Å²) in [7, 11) is 0. The minimum Gasteiger partial charge on any atom is -0.393 e. The third kappa shape index (κ3) is 2.54. The predicted molar refractivity (Wildman–Crippen MR) is 70.7 cm³/mol. The molecule has 3 rings (SSSR count). The number of nitrogens with zero attached hydrogens (tertiary/aromatic N) is 5. The summed E-state index contributed by atoms with van der Waals surface area (Å²) in [6, 6.07) is 0.444. The predicted octanol–water partition coefficient (Wildman–Crippen LogP) is 0.276. The molecular weight excluding hydrogens is 258 g/mol. The van der Waals surface area contributed by atoms with Crippen LogP contribution in [0.2, 0.25) is 0 Å². The van der Waals surface area contributed by atoms with E-state index in [-0.39, 0.29) is 24.1 Å². The van der Waals surface area contributed by atoms with Crippen molar-refractivity contribution in [3.8, 4) is 0 Å². The number of piperidine rings is 2. The van der Waals surface area contributed by atoms with Gasteiger partial charge in [0, 0.05) is 18.5 Å².